The number of hydrazine groups is 2. The quantitative estimate of drug-likeness (QED) is 0.728. The molecule has 2 atom stereocenters. The van der Waals surface area contributed by atoms with E-state index in [1.807, 2.05) is 79.7 Å². The maximum Gasteiger partial charge on any atom is 0.257 e. The van der Waals surface area contributed by atoms with Crippen LogP contribution in [0.15, 0.2) is 89.8 Å². The van der Waals surface area contributed by atoms with Gasteiger partial charge < -0.3 is 0 Å². The van der Waals surface area contributed by atoms with E-state index >= 15 is 0 Å². The summed E-state index contributed by atoms with van der Waals surface area (Å²) in [5.41, 5.74) is 9.01. The van der Waals surface area contributed by atoms with Gasteiger partial charge in [-0.1, -0.05) is 78.4 Å². The second-order valence-corrected chi connectivity index (χ2v) is 8.43. The van der Waals surface area contributed by atoms with Crippen molar-refractivity contribution in [2.24, 2.45) is 0 Å². The van der Waals surface area contributed by atoms with Gasteiger partial charge in [0.15, 0.2) is 0 Å². The van der Waals surface area contributed by atoms with E-state index in [2.05, 4.69) is 11.0 Å². The Kier molecular flexibility index (Phi) is 4.80. The lowest BCUT2D eigenvalue weighted by Crippen LogP contribution is -2.41. The summed E-state index contributed by atoms with van der Waals surface area (Å²) in [6.07, 6.45) is 0. The van der Waals surface area contributed by atoms with Crippen LogP contribution in [-0.2, 0) is 10.0 Å². The highest BCUT2D eigenvalue weighted by Crippen LogP contribution is 2.39. The maximum absolute atomic E-state index is 13.3. The molecule has 1 saturated heterocycles. The number of sulfonamides is 1. The molecule has 0 aromatic heterocycles. The van der Waals surface area contributed by atoms with Crippen LogP contribution >= 0.6 is 0 Å². The predicted molar refractivity (Wildman–Crippen MR) is 105 cm³/mol. The third-order valence-corrected chi connectivity index (χ3v) is 6.48. The first-order chi connectivity index (χ1) is 13.1. The van der Waals surface area contributed by atoms with Gasteiger partial charge in [0.1, 0.15) is 0 Å². The molecule has 1 unspecified atom stereocenters. The first kappa shape index (κ1) is 17.9. The van der Waals surface area contributed by atoms with Gasteiger partial charge in [-0.15, -0.1) is 4.41 Å². The topological polar surface area (TPSA) is 61.4 Å². The molecule has 0 spiro atoms. The number of aryl methyl sites for hydroxylation is 1. The first-order valence-corrected chi connectivity index (χ1v) is 10.2. The molecule has 0 radical (unpaired) electrons. The summed E-state index contributed by atoms with van der Waals surface area (Å²) in [6.45, 7) is 1.93. The summed E-state index contributed by atoms with van der Waals surface area (Å²) in [6, 6.07) is 25.8. The summed E-state index contributed by atoms with van der Waals surface area (Å²) in [7, 11) is -3.73. The highest BCUT2D eigenvalue weighted by molar-refractivity contribution is 7.89. The van der Waals surface area contributed by atoms with Gasteiger partial charge in [0.25, 0.3) is 10.0 Å². The Morgan fingerprint density at radius 3 is 1.93 bits per heavy atom. The summed E-state index contributed by atoms with van der Waals surface area (Å²) in [5, 5.41) is 0. The number of rotatable bonds is 4. The molecular weight excluding hydrogens is 358 g/mol. The number of benzene rings is 3. The second kappa shape index (κ2) is 7.25. The van der Waals surface area contributed by atoms with Gasteiger partial charge >= 0.3 is 0 Å². The van der Waals surface area contributed by atoms with Crippen LogP contribution in [-0.4, -0.2) is 12.8 Å². The molecule has 1 aliphatic heterocycles. The third-order valence-electron chi connectivity index (χ3n) is 4.78. The Hall–Kier alpha value is -2.51. The summed E-state index contributed by atoms with van der Waals surface area (Å²) < 4.78 is 28.0. The van der Waals surface area contributed by atoms with E-state index in [1.54, 1.807) is 12.1 Å². The van der Waals surface area contributed by atoms with Gasteiger partial charge in [-0.05, 0) is 30.2 Å². The van der Waals surface area contributed by atoms with Crippen LogP contribution in [0.2, 0.25) is 0 Å². The molecule has 3 aromatic carbocycles. The molecule has 138 valence electrons. The normalized spacial score (nSPS) is 20.6. The zero-order chi connectivity index (χ0) is 18.9. The van der Waals surface area contributed by atoms with E-state index in [9.17, 15) is 8.42 Å². The van der Waals surface area contributed by atoms with Gasteiger partial charge in [0.2, 0.25) is 0 Å². The highest BCUT2D eigenvalue weighted by atomic mass is 32.2. The first-order valence-electron chi connectivity index (χ1n) is 8.79. The van der Waals surface area contributed by atoms with Crippen LogP contribution in [0.3, 0.4) is 0 Å². The molecule has 0 amide bonds. The lowest BCUT2D eigenvalue weighted by atomic mass is 9.95. The highest BCUT2D eigenvalue weighted by Gasteiger charge is 2.43. The molecule has 4 rings (SSSR count). The molecule has 0 bridgehead atoms. The SMILES string of the molecule is Cc1ccc(S(=O)(=O)N2NNC(c3ccccc3)[C@H]2c2ccccc2)cc1. The van der Waals surface area contributed by atoms with Gasteiger partial charge in [-0.3, -0.25) is 0 Å². The molecule has 1 fully saturated rings. The molecular formula is C21H21N3O2S. The van der Waals surface area contributed by atoms with Crippen molar-refractivity contribution in [1.82, 2.24) is 15.4 Å². The van der Waals surface area contributed by atoms with Crippen molar-refractivity contribution in [2.45, 2.75) is 23.9 Å². The van der Waals surface area contributed by atoms with E-state index < -0.39 is 16.1 Å². The fourth-order valence-electron chi connectivity index (χ4n) is 3.35. The van der Waals surface area contributed by atoms with E-state index in [0.717, 1.165) is 16.7 Å². The Morgan fingerprint density at radius 2 is 1.33 bits per heavy atom. The summed E-state index contributed by atoms with van der Waals surface area (Å²) in [4.78, 5) is 0.261. The molecule has 3 aromatic rings. The molecule has 1 aliphatic rings. The van der Waals surface area contributed by atoms with Crippen LogP contribution in [0, 0.1) is 6.92 Å². The smallest absolute Gasteiger partial charge is 0.234 e. The van der Waals surface area contributed by atoms with Gasteiger partial charge in [0, 0.05) is 0 Å². The molecule has 6 heteroatoms. The van der Waals surface area contributed by atoms with Crippen LogP contribution in [0.5, 0.6) is 0 Å². The fraction of sp³-hybridized carbons (Fsp3) is 0.143. The standard InChI is InChI=1S/C21H21N3O2S/c1-16-12-14-19(15-13-16)27(25,26)24-21(18-10-6-3-7-11-18)20(22-23-24)17-8-4-2-5-9-17/h2-15,20-23H,1H3/t20?,21-/m1/s1. The van der Waals surface area contributed by atoms with Crippen LogP contribution in [0.25, 0.3) is 0 Å². The lowest BCUT2D eigenvalue weighted by Gasteiger charge is -2.26. The monoisotopic (exact) mass is 379 g/mol. The van der Waals surface area contributed by atoms with E-state index in [1.165, 1.54) is 4.41 Å². The number of nitrogens with zero attached hydrogens (tertiary/aromatic N) is 1. The molecule has 0 saturated carbocycles. The average Bonchev–Trinajstić information content (AvgIpc) is 3.16. The van der Waals surface area contributed by atoms with Crippen molar-refractivity contribution < 1.29 is 8.42 Å². The third kappa shape index (κ3) is 3.40. The molecule has 27 heavy (non-hydrogen) atoms. The van der Waals surface area contributed by atoms with E-state index in [-0.39, 0.29) is 10.9 Å². The minimum atomic E-state index is -3.73. The number of nitrogens with one attached hydrogen (secondary N) is 2. The zero-order valence-corrected chi connectivity index (χ0v) is 15.7. The predicted octanol–water partition coefficient (Wildman–Crippen LogP) is 3.49. The maximum atomic E-state index is 13.3. The Morgan fingerprint density at radius 1 is 0.778 bits per heavy atom. The van der Waals surface area contributed by atoms with Crippen molar-refractivity contribution >= 4 is 10.0 Å². The van der Waals surface area contributed by atoms with Crippen molar-refractivity contribution in [1.29, 1.82) is 0 Å². The number of hydrogen-bond donors (Lipinski definition) is 2. The summed E-state index contributed by atoms with van der Waals surface area (Å²) in [5.74, 6) is 0. The fourth-order valence-corrected chi connectivity index (χ4v) is 4.78. The van der Waals surface area contributed by atoms with E-state index in [0.29, 0.717) is 0 Å². The van der Waals surface area contributed by atoms with Crippen molar-refractivity contribution in [3.05, 3.63) is 102 Å². The molecule has 1 heterocycles. The number of hydrogen-bond acceptors (Lipinski definition) is 4. The molecule has 0 aliphatic carbocycles. The molecule has 5 nitrogen and oxygen atoms in total. The van der Waals surface area contributed by atoms with Gasteiger partial charge in [-0.25, -0.2) is 13.8 Å². The van der Waals surface area contributed by atoms with Crippen LogP contribution in [0.1, 0.15) is 28.8 Å². The minimum Gasteiger partial charge on any atom is -0.234 e. The zero-order valence-electron chi connectivity index (χ0n) is 14.9. The van der Waals surface area contributed by atoms with Crippen molar-refractivity contribution in [3.8, 4) is 0 Å². The Labute approximate surface area is 159 Å². The largest absolute Gasteiger partial charge is 0.257 e. The van der Waals surface area contributed by atoms with Gasteiger partial charge in [-0.2, -0.15) is 5.53 Å². The van der Waals surface area contributed by atoms with Gasteiger partial charge in [0.05, 0.1) is 17.0 Å². The second-order valence-electron chi connectivity index (χ2n) is 6.61. The Balaban J connectivity index is 1.79. The van der Waals surface area contributed by atoms with Crippen LogP contribution in [0.4, 0.5) is 0 Å². The molecule has 2 N–H and O–H groups in total. The van der Waals surface area contributed by atoms with Crippen molar-refractivity contribution in [2.75, 3.05) is 0 Å². The van der Waals surface area contributed by atoms with Crippen molar-refractivity contribution in [3.63, 3.8) is 0 Å². The minimum absolute atomic E-state index is 0.214. The van der Waals surface area contributed by atoms with E-state index in [4.69, 9.17) is 0 Å². The average molecular weight is 379 g/mol. The summed E-state index contributed by atoms with van der Waals surface area (Å²) >= 11 is 0. The Bertz CT molecular complexity index is 1010. The lowest BCUT2D eigenvalue weighted by molar-refractivity contribution is 0.311. The van der Waals surface area contributed by atoms with Crippen LogP contribution < -0.4 is 11.0 Å².